The van der Waals surface area contributed by atoms with E-state index in [0.29, 0.717) is 45.2 Å². The van der Waals surface area contributed by atoms with E-state index in [9.17, 15) is 9.59 Å². The number of ether oxygens (including phenoxy) is 2. The van der Waals surface area contributed by atoms with Gasteiger partial charge in [0.2, 0.25) is 0 Å². The number of aryl methyl sites for hydroxylation is 1. The molecule has 0 aliphatic carbocycles. The average Bonchev–Trinajstić information content (AvgIpc) is 2.93. The van der Waals surface area contributed by atoms with Gasteiger partial charge in [0.05, 0.1) is 0 Å². The number of benzene rings is 5. The summed E-state index contributed by atoms with van der Waals surface area (Å²) in [7, 11) is 0. The molecule has 0 aromatic heterocycles. The Balaban J connectivity index is 1.28. The molecule has 0 radical (unpaired) electrons. The lowest BCUT2D eigenvalue weighted by Gasteiger charge is -2.09. The summed E-state index contributed by atoms with van der Waals surface area (Å²) < 4.78 is 11.7. The summed E-state index contributed by atoms with van der Waals surface area (Å²) in [5.74, 6) is 2.22. The molecule has 5 nitrogen and oxygen atoms in total. The molecule has 0 aliphatic heterocycles. The highest BCUT2D eigenvalue weighted by Gasteiger charge is 2.14. The molecule has 0 bridgehead atoms. The smallest absolute Gasteiger partial charge is 0.193 e. The Morgan fingerprint density at radius 2 is 0.974 bits per heavy atom. The van der Waals surface area contributed by atoms with Crippen LogP contribution in [0.5, 0.6) is 23.0 Å². The van der Waals surface area contributed by atoms with Gasteiger partial charge in [0, 0.05) is 34.0 Å². The maximum Gasteiger partial charge on any atom is 0.193 e. The van der Waals surface area contributed by atoms with Gasteiger partial charge >= 0.3 is 0 Å². The molecule has 0 unspecified atom stereocenters. The largest absolute Gasteiger partial charge is 0.457 e. The van der Waals surface area contributed by atoms with Gasteiger partial charge in [-0.25, -0.2) is 0 Å². The second-order valence-corrected chi connectivity index (χ2v) is 8.88. The van der Waals surface area contributed by atoms with Crippen LogP contribution in [0.15, 0.2) is 121 Å². The topological polar surface area (TPSA) is 78.6 Å². The van der Waals surface area contributed by atoms with E-state index in [4.69, 9.17) is 15.2 Å². The van der Waals surface area contributed by atoms with Crippen molar-refractivity contribution in [3.05, 3.63) is 149 Å². The lowest BCUT2D eigenvalue weighted by atomic mass is 9.97. The van der Waals surface area contributed by atoms with Gasteiger partial charge in [0.25, 0.3) is 0 Å². The van der Waals surface area contributed by atoms with E-state index in [0.717, 1.165) is 11.3 Å². The number of rotatable bonds is 8. The molecule has 0 atom stereocenters. The van der Waals surface area contributed by atoms with Crippen molar-refractivity contribution < 1.29 is 19.1 Å². The minimum absolute atomic E-state index is 0.173. The fourth-order valence-corrected chi connectivity index (χ4v) is 4.01. The molecule has 186 valence electrons. The molecule has 5 heteroatoms. The lowest BCUT2D eigenvalue weighted by molar-refractivity contribution is 0.103. The third-order valence-electron chi connectivity index (χ3n) is 5.94. The van der Waals surface area contributed by atoms with Crippen LogP contribution >= 0.6 is 0 Å². The molecule has 2 N–H and O–H groups in total. The molecule has 0 amide bonds. The van der Waals surface area contributed by atoms with Crippen LogP contribution in [-0.4, -0.2) is 11.6 Å². The van der Waals surface area contributed by atoms with Gasteiger partial charge in [0.15, 0.2) is 11.6 Å². The number of carbonyl (C=O) groups excluding carboxylic acids is 2. The van der Waals surface area contributed by atoms with Crippen LogP contribution in [0, 0.1) is 6.92 Å². The average molecular weight is 500 g/mol. The minimum Gasteiger partial charge on any atom is -0.457 e. The van der Waals surface area contributed by atoms with Crippen LogP contribution in [0.1, 0.15) is 37.4 Å². The summed E-state index contributed by atoms with van der Waals surface area (Å²) in [5.41, 5.74) is 9.37. The van der Waals surface area contributed by atoms with Crippen molar-refractivity contribution in [2.45, 2.75) is 6.92 Å². The van der Waals surface area contributed by atoms with Gasteiger partial charge < -0.3 is 15.2 Å². The second kappa shape index (κ2) is 10.8. The zero-order valence-corrected chi connectivity index (χ0v) is 20.8. The summed E-state index contributed by atoms with van der Waals surface area (Å²) in [6.07, 6.45) is 0. The first-order chi connectivity index (χ1) is 18.4. The zero-order valence-electron chi connectivity index (χ0n) is 20.8. The van der Waals surface area contributed by atoms with Gasteiger partial charge in [-0.05, 0) is 91.3 Å². The predicted octanol–water partition coefficient (Wildman–Crippen LogP) is 7.62. The molecule has 38 heavy (non-hydrogen) atoms. The van der Waals surface area contributed by atoms with E-state index in [1.54, 1.807) is 84.9 Å². The van der Waals surface area contributed by atoms with Gasteiger partial charge in [-0.1, -0.05) is 36.4 Å². The highest BCUT2D eigenvalue weighted by Crippen LogP contribution is 2.25. The number of nitrogens with two attached hydrogens (primary N) is 1. The van der Waals surface area contributed by atoms with E-state index in [2.05, 4.69) is 0 Å². The molecular formula is C33H25NO4. The quantitative estimate of drug-likeness (QED) is 0.175. The van der Waals surface area contributed by atoms with Crippen LogP contribution in [-0.2, 0) is 0 Å². The zero-order chi connectivity index (χ0) is 26.5. The molecule has 0 aliphatic rings. The summed E-state index contributed by atoms with van der Waals surface area (Å²) in [6.45, 7) is 2.00. The van der Waals surface area contributed by atoms with E-state index in [1.165, 1.54) is 0 Å². The van der Waals surface area contributed by atoms with E-state index < -0.39 is 0 Å². The van der Waals surface area contributed by atoms with Gasteiger partial charge in [0.1, 0.15) is 23.0 Å². The second-order valence-electron chi connectivity index (χ2n) is 8.88. The summed E-state index contributed by atoms with van der Waals surface area (Å²) in [5, 5.41) is 0. The van der Waals surface area contributed by atoms with Crippen molar-refractivity contribution >= 4 is 17.3 Å². The fourth-order valence-electron chi connectivity index (χ4n) is 4.01. The Kier molecular flexibility index (Phi) is 7.00. The van der Waals surface area contributed by atoms with Crippen molar-refractivity contribution in [3.63, 3.8) is 0 Å². The number of nitrogen functional groups attached to an aromatic ring is 1. The first-order valence-electron chi connectivity index (χ1n) is 12.1. The van der Waals surface area contributed by atoms with Gasteiger partial charge in [-0.3, -0.25) is 9.59 Å². The van der Waals surface area contributed by atoms with Crippen molar-refractivity contribution in [3.8, 4) is 23.0 Å². The van der Waals surface area contributed by atoms with Crippen molar-refractivity contribution in [1.29, 1.82) is 0 Å². The lowest BCUT2D eigenvalue weighted by Crippen LogP contribution is -2.06. The maximum absolute atomic E-state index is 13.1. The number of anilines is 1. The van der Waals surface area contributed by atoms with Crippen molar-refractivity contribution in [1.82, 2.24) is 0 Å². The Morgan fingerprint density at radius 3 is 1.47 bits per heavy atom. The number of ketones is 2. The first-order valence-corrected chi connectivity index (χ1v) is 12.1. The third kappa shape index (κ3) is 5.79. The van der Waals surface area contributed by atoms with Gasteiger partial charge in [-0.2, -0.15) is 0 Å². The molecule has 5 aromatic rings. The van der Waals surface area contributed by atoms with Crippen molar-refractivity contribution in [2.24, 2.45) is 0 Å². The normalized spacial score (nSPS) is 10.6. The first kappa shape index (κ1) is 24.5. The van der Waals surface area contributed by atoms with Gasteiger partial charge in [-0.15, -0.1) is 0 Å². The molecule has 0 spiro atoms. The SMILES string of the molecule is Cc1cccc(Oc2ccc(C(=O)c3cccc(C(=O)c4ccc(Oc5cccc(N)c5)cc4)c3)cc2)c1. The summed E-state index contributed by atoms with van der Waals surface area (Å²) >= 11 is 0. The standard InChI is InChI=1S/C33H25NO4/c1-22-5-2-9-30(19-22)37-28-15-11-23(12-16-28)32(35)25-6-3-7-26(20-25)33(36)24-13-17-29(18-14-24)38-31-10-4-8-27(34)21-31/h2-21H,34H2,1H3. The Hall–Kier alpha value is -5.16. The Labute approximate surface area is 221 Å². The minimum atomic E-state index is -0.183. The fraction of sp³-hybridized carbons (Fsp3) is 0.0303. The Morgan fingerprint density at radius 1 is 0.500 bits per heavy atom. The Bertz CT molecular complexity index is 1490. The van der Waals surface area contributed by atoms with Crippen LogP contribution < -0.4 is 15.2 Å². The third-order valence-corrected chi connectivity index (χ3v) is 5.94. The van der Waals surface area contributed by atoms with Crippen LogP contribution in [0.3, 0.4) is 0 Å². The molecule has 5 aromatic carbocycles. The van der Waals surface area contributed by atoms with E-state index in [-0.39, 0.29) is 11.6 Å². The molecule has 0 fully saturated rings. The van der Waals surface area contributed by atoms with Crippen LogP contribution in [0.25, 0.3) is 0 Å². The summed E-state index contributed by atoms with van der Waals surface area (Å²) in [6, 6.07) is 35.5. The molecule has 5 rings (SSSR count). The number of carbonyl (C=O) groups is 2. The highest BCUT2D eigenvalue weighted by molar-refractivity contribution is 6.13. The molecule has 0 saturated heterocycles. The number of hydrogen-bond acceptors (Lipinski definition) is 5. The molecular weight excluding hydrogens is 474 g/mol. The van der Waals surface area contributed by atoms with E-state index >= 15 is 0 Å². The van der Waals surface area contributed by atoms with E-state index in [1.807, 2.05) is 43.3 Å². The number of hydrogen-bond donors (Lipinski definition) is 1. The van der Waals surface area contributed by atoms with Crippen LogP contribution in [0.4, 0.5) is 5.69 Å². The maximum atomic E-state index is 13.1. The van der Waals surface area contributed by atoms with Crippen molar-refractivity contribution in [2.75, 3.05) is 5.73 Å². The molecule has 0 saturated carbocycles. The summed E-state index contributed by atoms with van der Waals surface area (Å²) in [4.78, 5) is 26.3. The predicted molar refractivity (Wildman–Crippen MR) is 148 cm³/mol. The highest BCUT2D eigenvalue weighted by atomic mass is 16.5. The van der Waals surface area contributed by atoms with Crippen LogP contribution in [0.2, 0.25) is 0 Å². The molecule has 0 heterocycles. The monoisotopic (exact) mass is 499 g/mol.